The van der Waals surface area contributed by atoms with Crippen molar-refractivity contribution in [3.8, 4) is 0 Å². The van der Waals surface area contributed by atoms with Crippen LogP contribution in [0, 0.1) is 5.82 Å². The molecule has 2 rings (SSSR count). The molecule has 1 N–H and O–H groups in total. The van der Waals surface area contributed by atoms with Crippen molar-refractivity contribution in [2.45, 2.75) is 19.1 Å². The minimum atomic E-state index is -1.75. The SMILES string of the molecule is CC(=O)O[C@@H](C(=O)O)[C@H]1OCCN(c2cccc(F)c2)C1=O. The maximum absolute atomic E-state index is 13.3. The highest BCUT2D eigenvalue weighted by Crippen LogP contribution is 2.22. The zero-order valence-electron chi connectivity index (χ0n) is 11.7. The molecule has 0 radical (unpaired) electrons. The number of amides is 1. The van der Waals surface area contributed by atoms with E-state index < -0.39 is 35.9 Å². The molecular weight excluding hydrogens is 297 g/mol. The van der Waals surface area contributed by atoms with Crippen molar-refractivity contribution >= 4 is 23.5 Å². The molecule has 1 aromatic rings. The minimum Gasteiger partial charge on any atom is -0.478 e. The number of carbonyl (C=O) groups is 3. The van der Waals surface area contributed by atoms with Crippen molar-refractivity contribution in [2.75, 3.05) is 18.1 Å². The smallest absolute Gasteiger partial charge is 0.348 e. The van der Waals surface area contributed by atoms with Crippen LogP contribution < -0.4 is 4.90 Å². The van der Waals surface area contributed by atoms with Crippen molar-refractivity contribution in [2.24, 2.45) is 0 Å². The first-order chi connectivity index (χ1) is 10.4. The Labute approximate surface area is 125 Å². The van der Waals surface area contributed by atoms with E-state index >= 15 is 0 Å². The van der Waals surface area contributed by atoms with Crippen LogP contribution in [0.2, 0.25) is 0 Å². The topological polar surface area (TPSA) is 93.1 Å². The van der Waals surface area contributed by atoms with Gasteiger partial charge in [-0.15, -0.1) is 0 Å². The van der Waals surface area contributed by atoms with Gasteiger partial charge in [-0.25, -0.2) is 9.18 Å². The molecule has 0 aromatic heterocycles. The second-order valence-corrected chi connectivity index (χ2v) is 4.63. The van der Waals surface area contributed by atoms with Crippen LogP contribution in [0.15, 0.2) is 24.3 Å². The van der Waals surface area contributed by atoms with Crippen LogP contribution in [0.1, 0.15) is 6.92 Å². The molecule has 0 spiro atoms. The number of nitrogens with zero attached hydrogens (tertiary/aromatic N) is 1. The average molecular weight is 311 g/mol. The summed E-state index contributed by atoms with van der Waals surface area (Å²) >= 11 is 0. The second kappa shape index (κ2) is 6.52. The number of hydrogen-bond acceptors (Lipinski definition) is 5. The summed E-state index contributed by atoms with van der Waals surface area (Å²) in [6.45, 7) is 1.22. The Balaban J connectivity index is 2.25. The Hall–Kier alpha value is -2.48. The first-order valence-corrected chi connectivity index (χ1v) is 6.48. The van der Waals surface area contributed by atoms with Gasteiger partial charge in [0.15, 0.2) is 6.10 Å². The van der Waals surface area contributed by atoms with E-state index in [9.17, 15) is 18.8 Å². The molecule has 1 amide bonds. The van der Waals surface area contributed by atoms with Crippen LogP contribution in [0.3, 0.4) is 0 Å². The highest BCUT2D eigenvalue weighted by molar-refractivity contribution is 6.00. The third kappa shape index (κ3) is 3.40. The molecule has 1 aliphatic rings. The highest BCUT2D eigenvalue weighted by Gasteiger charge is 2.42. The number of rotatable bonds is 4. The predicted molar refractivity (Wildman–Crippen MR) is 71.7 cm³/mol. The van der Waals surface area contributed by atoms with Gasteiger partial charge in [0.25, 0.3) is 5.91 Å². The molecule has 22 heavy (non-hydrogen) atoms. The molecule has 1 aliphatic heterocycles. The molecule has 1 saturated heterocycles. The zero-order chi connectivity index (χ0) is 16.3. The van der Waals surface area contributed by atoms with Gasteiger partial charge in [-0.1, -0.05) is 6.07 Å². The van der Waals surface area contributed by atoms with E-state index in [-0.39, 0.29) is 18.8 Å². The van der Waals surface area contributed by atoms with Crippen LogP contribution >= 0.6 is 0 Å². The van der Waals surface area contributed by atoms with Gasteiger partial charge in [0.05, 0.1) is 6.61 Å². The Bertz CT molecular complexity index is 605. The fraction of sp³-hybridized carbons (Fsp3) is 0.357. The summed E-state index contributed by atoms with van der Waals surface area (Å²) in [5.74, 6) is -3.56. The predicted octanol–water partition coefficient (Wildman–Crippen LogP) is 0.574. The van der Waals surface area contributed by atoms with Crippen molar-refractivity contribution in [3.63, 3.8) is 0 Å². The molecule has 0 unspecified atom stereocenters. The molecule has 7 nitrogen and oxygen atoms in total. The average Bonchev–Trinajstić information content (AvgIpc) is 2.45. The lowest BCUT2D eigenvalue weighted by molar-refractivity contribution is -0.177. The molecule has 1 fully saturated rings. The van der Waals surface area contributed by atoms with Gasteiger partial charge in [-0.3, -0.25) is 9.59 Å². The summed E-state index contributed by atoms with van der Waals surface area (Å²) in [6, 6.07) is 5.33. The zero-order valence-corrected chi connectivity index (χ0v) is 11.7. The number of anilines is 1. The number of hydrogen-bond donors (Lipinski definition) is 1. The van der Waals surface area contributed by atoms with Crippen molar-refractivity contribution in [1.82, 2.24) is 0 Å². The first-order valence-electron chi connectivity index (χ1n) is 6.48. The molecule has 118 valence electrons. The van der Waals surface area contributed by atoms with Crippen molar-refractivity contribution in [1.29, 1.82) is 0 Å². The van der Waals surface area contributed by atoms with Crippen LogP contribution in [0.25, 0.3) is 0 Å². The third-order valence-electron chi connectivity index (χ3n) is 3.05. The summed E-state index contributed by atoms with van der Waals surface area (Å²) < 4.78 is 23.1. The number of aliphatic carboxylic acids is 1. The largest absolute Gasteiger partial charge is 0.478 e. The summed E-state index contributed by atoms with van der Waals surface area (Å²) in [5.41, 5.74) is 0.283. The molecule has 1 aromatic carbocycles. The van der Waals surface area contributed by atoms with E-state index in [0.717, 1.165) is 13.0 Å². The monoisotopic (exact) mass is 311 g/mol. The second-order valence-electron chi connectivity index (χ2n) is 4.63. The van der Waals surface area contributed by atoms with Gasteiger partial charge < -0.3 is 19.5 Å². The molecule has 8 heteroatoms. The Morgan fingerprint density at radius 3 is 2.82 bits per heavy atom. The van der Waals surface area contributed by atoms with Gasteiger partial charge >= 0.3 is 11.9 Å². The number of carboxylic acids is 1. The summed E-state index contributed by atoms with van der Waals surface area (Å²) in [6.07, 6.45) is -3.22. The van der Waals surface area contributed by atoms with Gasteiger partial charge in [-0.05, 0) is 18.2 Å². The lowest BCUT2D eigenvalue weighted by atomic mass is 10.1. The number of carboxylic acid groups (broad SMARTS) is 1. The van der Waals surface area contributed by atoms with E-state index in [4.69, 9.17) is 9.84 Å². The van der Waals surface area contributed by atoms with Crippen LogP contribution in [-0.2, 0) is 23.9 Å². The first kappa shape index (κ1) is 15.9. The summed E-state index contributed by atoms with van der Waals surface area (Å²) in [7, 11) is 0. The van der Waals surface area contributed by atoms with Gasteiger partial charge in [0.1, 0.15) is 5.82 Å². The normalized spacial score (nSPS) is 19.6. The number of carbonyl (C=O) groups excluding carboxylic acids is 2. The van der Waals surface area contributed by atoms with E-state index in [1.165, 1.54) is 23.1 Å². The van der Waals surface area contributed by atoms with E-state index in [1.807, 2.05) is 0 Å². The fourth-order valence-electron chi connectivity index (χ4n) is 2.14. The Morgan fingerprint density at radius 2 is 2.23 bits per heavy atom. The number of ether oxygens (including phenoxy) is 2. The highest BCUT2D eigenvalue weighted by atomic mass is 19.1. The van der Waals surface area contributed by atoms with E-state index in [2.05, 4.69) is 4.74 Å². The Morgan fingerprint density at radius 1 is 1.50 bits per heavy atom. The quantitative estimate of drug-likeness (QED) is 0.817. The van der Waals surface area contributed by atoms with Crippen LogP contribution in [0.5, 0.6) is 0 Å². The van der Waals surface area contributed by atoms with Crippen LogP contribution in [-0.4, -0.2) is 48.3 Å². The number of morpholine rings is 1. The fourth-order valence-corrected chi connectivity index (χ4v) is 2.14. The van der Waals surface area contributed by atoms with Crippen LogP contribution in [0.4, 0.5) is 10.1 Å². The number of esters is 1. The van der Waals surface area contributed by atoms with E-state index in [1.54, 1.807) is 0 Å². The molecule has 1 heterocycles. The van der Waals surface area contributed by atoms with Crippen molar-refractivity contribution < 1.29 is 33.4 Å². The summed E-state index contributed by atoms with van der Waals surface area (Å²) in [4.78, 5) is 35.8. The molecular formula is C14H14FNO6. The van der Waals surface area contributed by atoms with Gasteiger partial charge in [0, 0.05) is 19.2 Å². The minimum absolute atomic E-state index is 0.0396. The van der Waals surface area contributed by atoms with E-state index in [0.29, 0.717) is 0 Å². The lowest BCUT2D eigenvalue weighted by Gasteiger charge is -2.34. The Kier molecular flexibility index (Phi) is 4.71. The number of benzene rings is 1. The molecule has 0 bridgehead atoms. The maximum atomic E-state index is 13.3. The van der Waals surface area contributed by atoms with Gasteiger partial charge in [0.2, 0.25) is 6.10 Å². The standard InChI is InChI=1S/C14H14FNO6/c1-8(17)22-12(14(19)20)11-13(18)16(5-6-21-11)10-4-2-3-9(15)7-10/h2-4,7,11-12H,5-6H2,1H3,(H,19,20)/t11-,12-/m1/s1. The molecule has 0 saturated carbocycles. The molecule has 0 aliphatic carbocycles. The lowest BCUT2D eigenvalue weighted by Crippen LogP contribution is -2.55. The maximum Gasteiger partial charge on any atom is 0.348 e. The molecule has 2 atom stereocenters. The number of halogens is 1. The summed E-state index contributed by atoms with van der Waals surface area (Å²) in [5, 5.41) is 9.11. The van der Waals surface area contributed by atoms with Crippen molar-refractivity contribution in [3.05, 3.63) is 30.1 Å². The van der Waals surface area contributed by atoms with Gasteiger partial charge in [-0.2, -0.15) is 0 Å². The third-order valence-corrected chi connectivity index (χ3v) is 3.05.